The maximum Gasteiger partial charge on any atom is 0.410 e. The van der Waals surface area contributed by atoms with Gasteiger partial charge in [-0.05, 0) is 53.9 Å². The van der Waals surface area contributed by atoms with E-state index in [0.29, 0.717) is 19.2 Å². The summed E-state index contributed by atoms with van der Waals surface area (Å²) in [6.45, 7) is 13.9. The van der Waals surface area contributed by atoms with Gasteiger partial charge in [0, 0.05) is 12.6 Å². The van der Waals surface area contributed by atoms with E-state index in [-0.39, 0.29) is 11.7 Å². The molecule has 0 aliphatic carbocycles. The lowest BCUT2D eigenvalue weighted by Gasteiger charge is -2.42. The van der Waals surface area contributed by atoms with Gasteiger partial charge in [-0.3, -0.25) is 0 Å². The first-order chi connectivity index (χ1) is 11.7. The molecule has 1 unspecified atom stereocenters. The number of rotatable bonds is 5. The minimum Gasteiger partial charge on any atom is -0.444 e. The molecular weight excluding hydrogens is 318 g/mol. The highest BCUT2D eigenvalue weighted by Gasteiger charge is 2.38. The average molecular weight is 351 g/mol. The molecule has 1 aromatic heterocycles. The zero-order chi connectivity index (χ0) is 18.7. The zero-order valence-electron chi connectivity index (χ0n) is 16.5. The Labute approximate surface area is 151 Å². The third-order valence-corrected chi connectivity index (χ3v) is 4.66. The van der Waals surface area contributed by atoms with E-state index in [1.54, 1.807) is 4.90 Å². The smallest absolute Gasteiger partial charge is 0.410 e. The fraction of sp³-hybridized carbons (Fsp3) is 0.789. The monoisotopic (exact) mass is 351 g/mol. The molecule has 1 atom stereocenters. The molecule has 0 N–H and O–H groups in total. The van der Waals surface area contributed by atoms with Crippen molar-refractivity contribution in [2.75, 3.05) is 13.1 Å². The molecule has 6 nitrogen and oxygen atoms in total. The predicted molar refractivity (Wildman–Crippen MR) is 97.5 cm³/mol. The van der Waals surface area contributed by atoms with Crippen molar-refractivity contribution in [3.8, 4) is 0 Å². The van der Waals surface area contributed by atoms with E-state index >= 15 is 0 Å². The number of imidazole rings is 1. The van der Waals surface area contributed by atoms with Crippen LogP contribution in [0.4, 0.5) is 4.79 Å². The van der Waals surface area contributed by atoms with Gasteiger partial charge < -0.3 is 18.9 Å². The topological polar surface area (TPSA) is 56.6 Å². The third-order valence-electron chi connectivity index (χ3n) is 4.66. The molecule has 25 heavy (non-hydrogen) atoms. The van der Waals surface area contributed by atoms with Crippen LogP contribution in [0.2, 0.25) is 0 Å². The summed E-state index contributed by atoms with van der Waals surface area (Å²) in [5.74, 6) is 0. The molecule has 0 radical (unpaired) electrons. The number of likely N-dealkylation sites (tertiary alicyclic amines) is 1. The van der Waals surface area contributed by atoms with E-state index in [1.807, 2.05) is 33.3 Å². The number of piperidine rings is 1. The molecular formula is C19H33N3O3. The highest BCUT2D eigenvalue weighted by atomic mass is 16.6. The third kappa shape index (κ3) is 5.21. The standard InChI is InChI=1S/C19H33N3O3/c1-7-19(24-12-16-11-20-14-22(16)15(2)3)9-8-10-21(13-19)17(23)25-18(4,5)6/h11,14-15H,7-10,12-13H2,1-6H3. The van der Waals surface area contributed by atoms with Gasteiger partial charge in [-0.1, -0.05) is 6.92 Å². The van der Waals surface area contributed by atoms with Crippen LogP contribution >= 0.6 is 0 Å². The largest absolute Gasteiger partial charge is 0.444 e. The molecule has 0 aromatic carbocycles. The Bertz CT molecular complexity index is 577. The van der Waals surface area contributed by atoms with Crippen LogP contribution in [0.15, 0.2) is 12.5 Å². The van der Waals surface area contributed by atoms with E-state index in [9.17, 15) is 4.79 Å². The molecule has 142 valence electrons. The highest BCUT2D eigenvalue weighted by molar-refractivity contribution is 5.68. The maximum absolute atomic E-state index is 12.4. The normalized spacial score (nSPS) is 21.6. The summed E-state index contributed by atoms with van der Waals surface area (Å²) in [5, 5.41) is 0. The van der Waals surface area contributed by atoms with Crippen molar-refractivity contribution >= 4 is 6.09 Å². The van der Waals surface area contributed by atoms with Gasteiger partial charge in [0.05, 0.1) is 37.0 Å². The van der Waals surface area contributed by atoms with Crippen molar-refractivity contribution in [1.82, 2.24) is 14.5 Å². The highest BCUT2D eigenvalue weighted by Crippen LogP contribution is 2.30. The number of hydrogen-bond donors (Lipinski definition) is 0. The molecule has 6 heteroatoms. The summed E-state index contributed by atoms with van der Waals surface area (Å²) >= 11 is 0. The summed E-state index contributed by atoms with van der Waals surface area (Å²) in [6.07, 6.45) is 6.20. The first-order valence-corrected chi connectivity index (χ1v) is 9.28. The lowest BCUT2D eigenvalue weighted by atomic mass is 9.90. The average Bonchev–Trinajstić information content (AvgIpc) is 3.00. The quantitative estimate of drug-likeness (QED) is 0.799. The van der Waals surface area contributed by atoms with Crippen molar-refractivity contribution in [3.05, 3.63) is 18.2 Å². The first kappa shape index (κ1) is 19.8. The van der Waals surface area contributed by atoms with E-state index < -0.39 is 5.60 Å². The Morgan fingerprint density at radius 1 is 1.40 bits per heavy atom. The number of ether oxygens (including phenoxy) is 2. The number of carbonyl (C=O) groups excluding carboxylic acids is 1. The van der Waals surface area contributed by atoms with Crippen molar-refractivity contribution in [2.45, 2.75) is 84.7 Å². The molecule has 1 amide bonds. The molecule has 2 rings (SSSR count). The second kappa shape index (κ2) is 7.77. The van der Waals surface area contributed by atoms with Crippen molar-refractivity contribution in [3.63, 3.8) is 0 Å². The van der Waals surface area contributed by atoms with Crippen molar-refractivity contribution in [1.29, 1.82) is 0 Å². The number of amides is 1. The number of hydrogen-bond acceptors (Lipinski definition) is 4. The summed E-state index contributed by atoms with van der Waals surface area (Å²) in [4.78, 5) is 18.5. The van der Waals surface area contributed by atoms with Gasteiger partial charge in [0.2, 0.25) is 0 Å². The first-order valence-electron chi connectivity index (χ1n) is 9.28. The lowest BCUT2D eigenvalue weighted by molar-refractivity contribution is -0.103. The summed E-state index contributed by atoms with van der Waals surface area (Å²) < 4.78 is 14.0. The van der Waals surface area contributed by atoms with E-state index in [4.69, 9.17) is 9.47 Å². The summed E-state index contributed by atoms with van der Waals surface area (Å²) in [5.41, 5.74) is 0.270. The Morgan fingerprint density at radius 2 is 2.12 bits per heavy atom. The Balaban J connectivity index is 2.03. The van der Waals surface area contributed by atoms with Crippen LogP contribution in [-0.4, -0.2) is 44.8 Å². The SMILES string of the molecule is CCC1(OCc2cncn2C(C)C)CCCN(C(=O)OC(C)(C)C)C1. The van der Waals surface area contributed by atoms with E-state index in [1.165, 1.54) is 0 Å². The Kier molecular flexibility index (Phi) is 6.14. The molecule has 1 aromatic rings. The number of nitrogens with zero attached hydrogens (tertiary/aromatic N) is 3. The maximum atomic E-state index is 12.4. The lowest BCUT2D eigenvalue weighted by Crippen LogP contribution is -2.52. The van der Waals surface area contributed by atoms with Crippen molar-refractivity contribution in [2.24, 2.45) is 0 Å². The van der Waals surface area contributed by atoms with Gasteiger partial charge in [-0.2, -0.15) is 0 Å². The Morgan fingerprint density at radius 3 is 2.72 bits per heavy atom. The van der Waals surface area contributed by atoms with Crippen LogP contribution in [0.3, 0.4) is 0 Å². The van der Waals surface area contributed by atoms with Crippen LogP contribution < -0.4 is 0 Å². The minimum absolute atomic E-state index is 0.249. The molecule has 2 heterocycles. The second-order valence-corrected chi connectivity index (χ2v) is 8.22. The summed E-state index contributed by atoms with van der Waals surface area (Å²) in [6, 6.07) is 0.350. The van der Waals surface area contributed by atoms with Crippen LogP contribution in [0, 0.1) is 0 Å². The van der Waals surface area contributed by atoms with Crippen molar-refractivity contribution < 1.29 is 14.3 Å². The molecule has 0 spiro atoms. The predicted octanol–water partition coefficient (Wildman–Crippen LogP) is 4.16. The van der Waals surface area contributed by atoms with Crippen LogP contribution in [-0.2, 0) is 16.1 Å². The van der Waals surface area contributed by atoms with Gasteiger partial charge in [-0.25, -0.2) is 9.78 Å². The number of carbonyl (C=O) groups is 1. The van der Waals surface area contributed by atoms with Crippen LogP contribution in [0.5, 0.6) is 0 Å². The van der Waals surface area contributed by atoms with E-state index in [2.05, 4.69) is 30.3 Å². The summed E-state index contributed by atoms with van der Waals surface area (Å²) in [7, 11) is 0. The molecule has 1 aliphatic rings. The molecule has 1 fully saturated rings. The molecule has 1 saturated heterocycles. The van der Waals surface area contributed by atoms with Gasteiger partial charge in [0.25, 0.3) is 0 Å². The molecule has 1 aliphatic heterocycles. The zero-order valence-corrected chi connectivity index (χ0v) is 16.5. The Hall–Kier alpha value is -1.56. The van der Waals surface area contributed by atoms with E-state index in [0.717, 1.165) is 31.5 Å². The number of aromatic nitrogens is 2. The van der Waals surface area contributed by atoms with Gasteiger partial charge in [0.1, 0.15) is 5.60 Å². The minimum atomic E-state index is -0.478. The fourth-order valence-electron chi connectivity index (χ4n) is 3.22. The molecule has 0 bridgehead atoms. The fourth-order valence-corrected chi connectivity index (χ4v) is 3.22. The van der Waals surface area contributed by atoms with Crippen LogP contribution in [0.25, 0.3) is 0 Å². The van der Waals surface area contributed by atoms with Gasteiger partial charge in [0.15, 0.2) is 0 Å². The van der Waals surface area contributed by atoms with Gasteiger partial charge in [-0.15, -0.1) is 0 Å². The van der Waals surface area contributed by atoms with Crippen LogP contribution in [0.1, 0.15) is 72.5 Å². The van der Waals surface area contributed by atoms with Gasteiger partial charge >= 0.3 is 6.09 Å². The molecule has 0 saturated carbocycles. The second-order valence-electron chi connectivity index (χ2n) is 8.22.